The molecule has 0 fully saturated rings. The van der Waals surface area contributed by atoms with Crippen LogP contribution >= 0.6 is 0 Å². The van der Waals surface area contributed by atoms with E-state index in [1.807, 2.05) is 32.0 Å². The van der Waals surface area contributed by atoms with Gasteiger partial charge in [-0.1, -0.05) is 18.2 Å². The van der Waals surface area contributed by atoms with Crippen molar-refractivity contribution in [3.05, 3.63) is 53.6 Å². The molecule has 162 valence electrons. The lowest BCUT2D eigenvalue weighted by molar-refractivity contribution is -0.122. The van der Waals surface area contributed by atoms with Gasteiger partial charge in [-0.15, -0.1) is 0 Å². The molecule has 0 spiro atoms. The fourth-order valence-electron chi connectivity index (χ4n) is 2.78. The molecule has 2 rings (SSSR count). The summed E-state index contributed by atoms with van der Waals surface area (Å²) in [6.45, 7) is 7.22. The maximum Gasteiger partial charge on any atom is 0.241 e. The summed E-state index contributed by atoms with van der Waals surface area (Å²) in [4.78, 5) is 23.3. The maximum absolute atomic E-state index is 12.5. The number of nitrogens with one attached hydrogen (secondary N) is 3. The first-order valence-corrected chi connectivity index (χ1v) is 10.9. The van der Waals surface area contributed by atoms with Crippen molar-refractivity contribution < 1.29 is 22.7 Å². The summed E-state index contributed by atoms with van der Waals surface area (Å²) in [5.74, 6) is 0.0670. The summed E-state index contributed by atoms with van der Waals surface area (Å²) < 4.78 is 33.0. The molecule has 0 saturated carbocycles. The van der Waals surface area contributed by atoms with Crippen LogP contribution in [0.25, 0.3) is 0 Å². The van der Waals surface area contributed by atoms with Crippen molar-refractivity contribution in [2.75, 3.05) is 18.5 Å². The summed E-state index contributed by atoms with van der Waals surface area (Å²) in [6, 6.07) is 10.5. The van der Waals surface area contributed by atoms with E-state index in [2.05, 4.69) is 15.4 Å². The number of hydrogen-bond acceptors (Lipinski definition) is 5. The molecule has 2 aromatic carbocycles. The minimum absolute atomic E-state index is 0.00499. The van der Waals surface area contributed by atoms with Crippen molar-refractivity contribution in [2.24, 2.45) is 0 Å². The highest BCUT2D eigenvalue weighted by molar-refractivity contribution is 7.89. The van der Waals surface area contributed by atoms with E-state index in [1.165, 1.54) is 38.1 Å². The smallest absolute Gasteiger partial charge is 0.241 e. The SMILES string of the molecule is CC(=O)Nc1ccc(S(=O)(=O)N[C@@H](C)C(=O)NCCOc2c(C)cccc2C)cc1. The molecule has 0 bridgehead atoms. The standard InChI is InChI=1S/C21H27N3O5S/c1-14-6-5-7-15(2)20(14)29-13-12-22-21(26)16(3)24-30(27,28)19-10-8-18(9-11-19)23-17(4)25/h5-11,16,24H,12-13H2,1-4H3,(H,22,26)(H,23,25)/t16-/m0/s1. The van der Waals surface area contributed by atoms with E-state index in [0.717, 1.165) is 16.9 Å². The average Bonchev–Trinajstić information content (AvgIpc) is 2.66. The van der Waals surface area contributed by atoms with Crippen LogP contribution in [-0.2, 0) is 19.6 Å². The van der Waals surface area contributed by atoms with E-state index in [4.69, 9.17) is 4.74 Å². The Hall–Kier alpha value is -2.91. The number of carbonyl (C=O) groups excluding carboxylic acids is 2. The van der Waals surface area contributed by atoms with E-state index in [-0.39, 0.29) is 24.0 Å². The van der Waals surface area contributed by atoms with E-state index in [0.29, 0.717) is 5.69 Å². The molecule has 0 saturated heterocycles. The second-order valence-corrected chi connectivity index (χ2v) is 8.62. The van der Waals surface area contributed by atoms with Gasteiger partial charge in [-0.05, 0) is 56.2 Å². The highest BCUT2D eigenvalue weighted by atomic mass is 32.2. The molecule has 1 atom stereocenters. The van der Waals surface area contributed by atoms with Crippen molar-refractivity contribution in [3.8, 4) is 5.75 Å². The molecule has 9 heteroatoms. The Morgan fingerprint density at radius 2 is 1.63 bits per heavy atom. The van der Waals surface area contributed by atoms with E-state index in [1.54, 1.807) is 0 Å². The van der Waals surface area contributed by atoms with Crippen molar-refractivity contribution in [3.63, 3.8) is 0 Å². The van der Waals surface area contributed by atoms with Crippen LogP contribution in [0.15, 0.2) is 47.4 Å². The van der Waals surface area contributed by atoms with E-state index < -0.39 is 22.0 Å². The minimum Gasteiger partial charge on any atom is -0.491 e. The first-order valence-electron chi connectivity index (χ1n) is 9.47. The molecule has 0 aliphatic heterocycles. The van der Waals surface area contributed by atoms with Crippen LogP contribution < -0.4 is 20.1 Å². The fourth-order valence-corrected chi connectivity index (χ4v) is 3.99. The molecule has 0 unspecified atom stereocenters. The molecular weight excluding hydrogens is 406 g/mol. The van der Waals surface area contributed by atoms with Gasteiger partial charge < -0.3 is 15.4 Å². The zero-order valence-corrected chi connectivity index (χ0v) is 18.3. The quantitative estimate of drug-likeness (QED) is 0.524. The van der Waals surface area contributed by atoms with Gasteiger partial charge in [0.15, 0.2) is 0 Å². The van der Waals surface area contributed by atoms with Gasteiger partial charge >= 0.3 is 0 Å². The zero-order chi connectivity index (χ0) is 22.3. The Morgan fingerprint density at radius 1 is 1.03 bits per heavy atom. The number of aryl methyl sites for hydroxylation is 2. The molecule has 8 nitrogen and oxygen atoms in total. The fraction of sp³-hybridized carbons (Fsp3) is 0.333. The number of ether oxygens (including phenoxy) is 1. The molecule has 0 aromatic heterocycles. The van der Waals surface area contributed by atoms with Gasteiger partial charge in [-0.25, -0.2) is 8.42 Å². The van der Waals surface area contributed by atoms with Crippen LogP contribution in [0.4, 0.5) is 5.69 Å². The predicted octanol–water partition coefficient (Wildman–Crippen LogP) is 2.12. The highest BCUT2D eigenvalue weighted by Gasteiger charge is 2.22. The van der Waals surface area contributed by atoms with Crippen molar-refractivity contribution in [1.82, 2.24) is 10.0 Å². The van der Waals surface area contributed by atoms with E-state index >= 15 is 0 Å². The molecule has 0 heterocycles. The molecule has 2 aromatic rings. The summed E-state index contributed by atoms with van der Waals surface area (Å²) >= 11 is 0. The van der Waals surface area contributed by atoms with Crippen LogP contribution in [0, 0.1) is 13.8 Å². The molecule has 3 N–H and O–H groups in total. The Morgan fingerprint density at radius 3 is 2.20 bits per heavy atom. The summed E-state index contributed by atoms with van der Waals surface area (Å²) in [7, 11) is -3.89. The summed E-state index contributed by atoms with van der Waals surface area (Å²) in [6.07, 6.45) is 0. The lowest BCUT2D eigenvalue weighted by Gasteiger charge is -2.16. The van der Waals surface area contributed by atoms with Crippen LogP contribution in [0.5, 0.6) is 5.75 Å². The first kappa shape index (κ1) is 23.4. The molecule has 0 aliphatic rings. The van der Waals surface area contributed by atoms with Crippen LogP contribution in [-0.4, -0.2) is 39.4 Å². The number of sulfonamides is 1. The molecule has 30 heavy (non-hydrogen) atoms. The Bertz CT molecular complexity index is 984. The topological polar surface area (TPSA) is 114 Å². The number of amides is 2. The van der Waals surface area contributed by atoms with Crippen LogP contribution in [0.3, 0.4) is 0 Å². The van der Waals surface area contributed by atoms with Gasteiger partial charge in [0.1, 0.15) is 12.4 Å². The predicted molar refractivity (Wildman–Crippen MR) is 115 cm³/mol. The monoisotopic (exact) mass is 433 g/mol. The largest absolute Gasteiger partial charge is 0.491 e. The zero-order valence-electron chi connectivity index (χ0n) is 17.5. The lowest BCUT2D eigenvalue weighted by Crippen LogP contribution is -2.45. The average molecular weight is 434 g/mol. The Balaban J connectivity index is 1.86. The third kappa shape index (κ3) is 6.57. The van der Waals surface area contributed by atoms with Crippen LogP contribution in [0.1, 0.15) is 25.0 Å². The van der Waals surface area contributed by atoms with Gasteiger partial charge in [0.2, 0.25) is 21.8 Å². The second-order valence-electron chi connectivity index (χ2n) is 6.91. The lowest BCUT2D eigenvalue weighted by atomic mass is 10.1. The maximum atomic E-state index is 12.5. The summed E-state index contributed by atoms with van der Waals surface area (Å²) in [5, 5.41) is 5.22. The molecule has 2 amide bonds. The third-order valence-electron chi connectivity index (χ3n) is 4.27. The molecular formula is C21H27N3O5S. The third-order valence-corrected chi connectivity index (χ3v) is 5.82. The Labute approximate surface area is 177 Å². The van der Waals surface area contributed by atoms with Gasteiger partial charge in [0.25, 0.3) is 0 Å². The van der Waals surface area contributed by atoms with Gasteiger partial charge in [0.05, 0.1) is 17.5 Å². The van der Waals surface area contributed by atoms with Crippen LogP contribution in [0.2, 0.25) is 0 Å². The number of para-hydroxylation sites is 1. The first-order chi connectivity index (χ1) is 14.1. The molecule has 0 aliphatic carbocycles. The van der Waals surface area contributed by atoms with Gasteiger partial charge in [0, 0.05) is 12.6 Å². The van der Waals surface area contributed by atoms with Crippen molar-refractivity contribution in [2.45, 2.75) is 38.6 Å². The van der Waals surface area contributed by atoms with Crippen molar-refractivity contribution in [1.29, 1.82) is 0 Å². The van der Waals surface area contributed by atoms with Crippen molar-refractivity contribution >= 4 is 27.5 Å². The normalized spacial score (nSPS) is 12.1. The number of hydrogen-bond donors (Lipinski definition) is 3. The number of benzene rings is 2. The van der Waals surface area contributed by atoms with Gasteiger partial charge in [-0.2, -0.15) is 4.72 Å². The van der Waals surface area contributed by atoms with E-state index in [9.17, 15) is 18.0 Å². The highest BCUT2D eigenvalue weighted by Crippen LogP contribution is 2.21. The molecule has 0 radical (unpaired) electrons. The Kier molecular flexibility index (Phi) is 7.96. The minimum atomic E-state index is -3.89. The number of rotatable bonds is 9. The van der Waals surface area contributed by atoms with Gasteiger partial charge in [-0.3, -0.25) is 9.59 Å². The number of anilines is 1. The second kappa shape index (κ2) is 10.2. The number of carbonyl (C=O) groups is 2. The summed E-state index contributed by atoms with van der Waals surface area (Å²) in [5.41, 5.74) is 2.50.